The van der Waals surface area contributed by atoms with Crippen LogP contribution in [-0.4, -0.2) is 31.7 Å². The molecule has 0 aliphatic carbocycles. The van der Waals surface area contributed by atoms with Crippen molar-refractivity contribution in [3.05, 3.63) is 64.2 Å². The lowest BCUT2D eigenvalue weighted by atomic mass is 9.95. The van der Waals surface area contributed by atoms with Gasteiger partial charge >= 0.3 is 0 Å². The fourth-order valence-corrected chi connectivity index (χ4v) is 5.35. The molecule has 7 heteroatoms. The molecule has 1 heterocycles. The third-order valence-corrected chi connectivity index (χ3v) is 7.70. The second-order valence-electron chi connectivity index (χ2n) is 7.72. The molecule has 3 rings (SSSR count). The average molecular weight is 435 g/mol. The van der Waals surface area contributed by atoms with Gasteiger partial charge in [-0.05, 0) is 69.0 Å². The summed E-state index contributed by atoms with van der Waals surface area (Å²) in [6.07, 6.45) is 1.02. The second-order valence-corrected chi connectivity index (χ2v) is 10.1. The van der Waals surface area contributed by atoms with Crippen LogP contribution in [0.15, 0.2) is 47.4 Å². The molecule has 5 nitrogen and oxygen atoms in total. The van der Waals surface area contributed by atoms with Gasteiger partial charge < -0.3 is 5.32 Å². The summed E-state index contributed by atoms with van der Waals surface area (Å²) in [6, 6.07) is 12.3. The molecule has 1 fully saturated rings. The van der Waals surface area contributed by atoms with Crippen LogP contribution in [0.25, 0.3) is 0 Å². The van der Waals surface area contributed by atoms with Crippen LogP contribution in [-0.2, 0) is 14.8 Å². The van der Waals surface area contributed by atoms with Gasteiger partial charge in [0.15, 0.2) is 0 Å². The van der Waals surface area contributed by atoms with Crippen LogP contribution in [0.2, 0.25) is 5.02 Å². The molecule has 0 bridgehead atoms. The molecule has 1 N–H and O–H groups in total. The van der Waals surface area contributed by atoms with Gasteiger partial charge in [-0.15, -0.1) is 0 Å². The summed E-state index contributed by atoms with van der Waals surface area (Å²) in [4.78, 5) is 13.0. The summed E-state index contributed by atoms with van der Waals surface area (Å²) in [7, 11) is -3.56. The number of rotatable bonds is 5. The summed E-state index contributed by atoms with van der Waals surface area (Å²) in [5.74, 6) is -0.193. The first-order chi connectivity index (χ1) is 13.7. The maximum Gasteiger partial charge on any atom is 0.243 e. The molecule has 1 saturated heterocycles. The summed E-state index contributed by atoms with van der Waals surface area (Å²) < 4.78 is 27.0. The van der Waals surface area contributed by atoms with E-state index in [0.29, 0.717) is 31.0 Å². The molecular weight excluding hydrogens is 408 g/mol. The minimum atomic E-state index is -3.56. The Morgan fingerprint density at radius 3 is 2.34 bits per heavy atom. The lowest BCUT2D eigenvalue weighted by Crippen LogP contribution is -2.43. The first-order valence-electron chi connectivity index (χ1n) is 9.81. The van der Waals surface area contributed by atoms with E-state index in [2.05, 4.69) is 23.5 Å². The van der Waals surface area contributed by atoms with Crippen molar-refractivity contribution >= 4 is 27.5 Å². The Bertz CT molecular complexity index is 982. The molecule has 156 valence electrons. The predicted molar refractivity (Wildman–Crippen MR) is 115 cm³/mol. The number of aryl methyl sites for hydroxylation is 2. The Morgan fingerprint density at radius 1 is 1.10 bits per heavy atom. The summed E-state index contributed by atoms with van der Waals surface area (Å²) in [5, 5.41) is 3.60. The number of nitrogens with one attached hydrogen (secondary N) is 1. The fourth-order valence-electron chi connectivity index (χ4n) is 3.75. The topological polar surface area (TPSA) is 66.5 Å². The molecule has 2 aromatic rings. The molecule has 1 amide bonds. The zero-order valence-corrected chi connectivity index (χ0v) is 18.6. The van der Waals surface area contributed by atoms with E-state index in [1.54, 1.807) is 12.1 Å². The van der Waals surface area contributed by atoms with Gasteiger partial charge in [-0.1, -0.05) is 35.4 Å². The maximum absolute atomic E-state index is 12.8. The molecule has 1 atom stereocenters. The summed E-state index contributed by atoms with van der Waals surface area (Å²) in [5.41, 5.74) is 3.42. The van der Waals surface area contributed by atoms with Crippen molar-refractivity contribution in [3.8, 4) is 0 Å². The molecule has 0 aromatic heterocycles. The average Bonchev–Trinajstić information content (AvgIpc) is 2.70. The fraction of sp³-hybridized carbons (Fsp3) is 0.409. The Kier molecular flexibility index (Phi) is 6.66. The quantitative estimate of drug-likeness (QED) is 0.765. The number of sulfonamides is 1. The highest BCUT2D eigenvalue weighted by Crippen LogP contribution is 2.26. The van der Waals surface area contributed by atoms with Crippen molar-refractivity contribution in [1.29, 1.82) is 0 Å². The first kappa shape index (κ1) is 21.8. The highest BCUT2D eigenvalue weighted by molar-refractivity contribution is 7.89. The Labute approximate surface area is 178 Å². The van der Waals surface area contributed by atoms with Gasteiger partial charge in [-0.3, -0.25) is 4.79 Å². The highest BCUT2D eigenvalue weighted by atomic mass is 35.5. The molecule has 29 heavy (non-hydrogen) atoms. The monoisotopic (exact) mass is 434 g/mol. The SMILES string of the molecule is Cc1ccc(C)c(C(C)NC(=O)C2CCN(S(=O)(=O)c3ccc(Cl)cc3)CC2)c1. The van der Waals surface area contributed by atoms with E-state index in [0.717, 1.165) is 16.7 Å². The largest absolute Gasteiger partial charge is 0.349 e. The molecule has 1 aliphatic rings. The van der Waals surface area contributed by atoms with Crippen LogP contribution in [0.4, 0.5) is 0 Å². The van der Waals surface area contributed by atoms with E-state index >= 15 is 0 Å². The number of benzene rings is 2. The molecule has 1 aliphatic heterocycles. The zero-order chi connectivity index (χ0) is 21.2. The number of carbonyl (C=O) groups is 1. The van der Waals surface area contributed by atoms with Gasteiger partial charge in [0.1, 0.15) is 0 Å². The first-order valence-corrected chi connectivity index (χ1v) is 11.6. The standard InChI is InChI=1S/C22H27ClN2O3S/c1-15-4-5-16(2)21(14-15)17(3)24-22(26)18-10-12-25(13-11-18)29(27,28)20-8-6-19(23)7-9-20/h4-9,14,17-18H,10-13H2,1-3H3,(H,24,26). The smallest absolute Gasteiger partial charge is 0.243 e. The normalized spacial score (nSPS) is 17.1. The number of piperidine rings is 1. The Morgan fingerprint density at radius 2 is 1.72 bits per heavy atom. The molecule has 0 saturated carbocycles. The second kappa shape index (κ2) is 8.86. The van der Waals surface area contributed by atoms with Crippen LogP contribution in [0.1, 0.15) is 42.5 Å². The van der Waals surface area contributed by atoms with Gasteiger partial charge in [0.25, 0.3) is 0 Å². The van der Waals surface area contributed by atoms with E-state index in [9.17, 15) is 13.2 Å². The molecular formula is C22H27ClN2O3S. The number of carbonyl (C=O) groups excluding carboxylic acids is 1. The summed E-state index contributed by atoms with van der Waals surface area (Å²) >= 11 is 5.85. The maximum atomic E-state index is 12.8. The van der Waals surface area contributed by atoms with E-state index in [-0.39, 0.29) is 22.8 Å². The van der Waals surface area contributed by atoms with E-state index in [1.165, 1.54) is 16.4 Å². The molecule has 1 unspecified atom stereocenters. The zero-order valence-electron chi connectivity index (χ0n) is 17.0. The van der Waals surface area contributed by atoms with Gasteiger partial charge in [-0.25, -0.2) is 8.42 Å². The molecule has 0 spiro atoms. The third kappa shape index (κ3) is 5.00. The lowest BCUT2D eigenvalue weighted by Gasteiger charge is -2.31. The minimum Gasteiger partial charge on any atom is -0.349 e. The van der Waals surface area contributed by atoms with Crippen LogP contribution in [0, 0.1) is 19.8 Å². The van der Waals surface area contributed by atoms with E-state index in [4.69, 9.17) is 11.6 Å². The van der Waals surface area contributed by atoms with Crippen LogP contribution in [0.3, 0.4) is 0 Å². The predicted octanol–water partition coefficient (Wildman–Crippen LogP) is 4.23. The number of halogens is 1. The van der Waals surface area contributed by atoms with Gasteiger partial charge in [0, 0.05) is 24.0 Å². The highest BCUT2D eigenvalue weighted by Gasteiger charge is 2.32. The number of hydrogen-bond acceptors (Lipinski definition) is 3. The number of hydrogen-bond donors (Lipinski definition) is 1. The van der Waals surface area contributed by atoms with Gasteiger partial charge in [0.2, 0.25) is 15.9 Å². The van der Waals surface area contributed by atoms with Crippen molar-refractivity contribution in [2.45, 2.75) is 44.6 Å². The van der Waals surface area contributed by atoms with Crippen molar-refractivity contribution in [3.63, 3.8) is 0 Å². The van der Waals surface area contributed by atoms with Crippen LogP contribution >= 0.6 is 11.6 Å². The number of nitrogens with zero attached hydrogens (tertiary/aromatic N) is 1. The molecule has 2 aromatic carbocycles. The van der Waals surface area contributed by atoms with Crippen LogP contribution in [0.5, 0.6) is 0 Å². The third-order valence-electron chi connectivity index (χ3n) is 5.54. The van der Waals surface area contributed by atoms with Gasteiger partial charge in [-0.2, -0.15) is 4.31 Å². The summed E-state index contributed by atoms with van der Waals surface area (Å²) in [6.45, 7) is 6.73. The Hall–Kier alpha value is -1.89. The van der Waals surface area contributed by atoms with Crippen molar-refractivity contribution in [2.24, 2.45) is 5.92 Å². The minimum absolute atomic E-state index is 0.0121. The van der Waals surface area contributed by atoms with E-state index in [1.807, 2.05) is 20.8 Å². The van der Waals surface area contributed by atoms with E-state index < -0.39 is 10.0 Å². The number of amides is 1. The Balaban J connectivity index is 1.60. The van der Waals surface area contributed by atoms with Gasteiger partial charge in [0.05, 0.1) is 10.9 Å². The van der Waals surface area contributed by atoms with Crippen molar-refractivity contribution in [2.75, 3.05) is 13.1 Å². The van der Waals surface area contributed by atoms with Crippen LogP contribution < -0.4 is 5.32 Å². The van der Waals surface area contributed by atoms with Crippen molar-refractivity contribution in [1.82, 2.24) is 9.62 Å². The lowest BCUT2D eigenvalue weighted by molar-refractivity contribution is -0.126. The van der Waals surface area contributed by atoms with Crippen molar-refractivity contribution < 1.29 is 13.2 Å². The molecule has 0 radical (unpaired) electrons.